The Morgan fingerprint density at radius 2 is 2.21 bits per heavy atom. The lowest BCUT2D eigenvalue weighted by Gasteiger charge is -2.05. The van der Waals surface area contributed by atoms with Crippen molar-refractivity contribution >= 4 is 22.0 Å². The first-order valence-corrected chi connectivity index (χ1v) is 5.11. The van der Waals surface area contributed by atoms with Crippen molar-refractivity contribution in [3.8, 4) is 0 Å². The SMILES string of the molecule is CNC(=O)OCCc1ccccc1Br. The summed E-state index contributed by atoms with van der Waals surface area (Å²) in [5.41, 5.74) is 1.14. The number of benzene rings is 1. The molecule has 1 rings (SSSR count). The fourth-order valence-corrected chi connectivity index (χ4v) is 1.51. The highest BCUT2D eigenvalue weighted by molar-refractivity contribution is 9.10. The number of hydrogen-bond donors (Lipinski definition) is 1. The molecule has 0 radical (unpaired) electrons. The molecule has 0 aliphatic carbocycles. The zero-order valence-corrected chi connectivity index (χ0v) is 9.50. The van der Waals surface area contributed by atoms with E-state index in [1.165, 1.54) is 0 Å². The molecule has 1 aromatic rings. The smallest absolute Gasteiger partial charge is 0.406 e. The molecule has 0 aliphatic rings. The molecule has 0 aromatic heterocycles. The molecule has 0 spiro atoms. The van der Waals surface area contributed by atoms with Crippen molar-refractivity contribution in [2.45, 2.75) is 6.42 Å². The Kier molecular flexibility index (Phi) is 4.46. The average Bonchev–Trinajstić information content (AvgIpc) is 2.20. The molecule has 0 saturated carbocycles. The van der Waals surface area contributed by atoms with Gasteiger partial charge in [0.2, 0.25) is 0 Å². The van der Waals surface area contributed by atoms with Gasteiger partial charge in [0.15, 0.2) is 0 Å². The van der Waals surface area contributed by atoms with Gasteiger partial charge in [-0.05, 0) is 11.6 Å². The van der Waals surface area contributed by atoms with Gasteiger partial charge in [-0.2, -0.15) is 0 Å². The van der Waals surface area contributed by atoms with Gasteiger partial charge >= 0.3 is 6.09 Å². The van der Waals surface area contributed by atoms with Gasteiger partial charge in [-0.15, -0.1) is 0 Å². The molecule has 1 N–H and O–H groups in total. The van der Waals surface area contributed by atoms with E-state index in [2.05, 4.69) is 21.2 Å². The third-order valence-corrected chi connectivity index (χ3v) is 2.54. The van der Waals surface area contributed by atoms with Gasteiger partial charge in [0.1, 0.15) is 0 Å². The van der Waals surface area contributed by atoms with E-state index in [4.69, 9.17) is 4.74 Å². The van der Waals surface area contributed by atoms with E-state index in [9.17, 15) is 4.79 Å². The predicted octanol–water partition coefficient (Wildman–Crippen LogP) is 2.35. The van der Waals surface area contributed by atoms with Gasteiger partial charge in [0.25, 0.3) is 0 Å². The number of rotatable bonds is 3. The molecule has 14 heavy (non-hydrogen) atoms. The lowest BCUT2D eigenvalue weighted by atomic mass is 10.2. The predicted molar refractivity (Wildman–Crippen MR) is 58.3 cm³/mol. The molecule has 0 unspecified atom stereocenters. The van der Waals surface area contributed by atoms with Crippen molar-refractivity contribution in [2.75, 3.05) is 13.7 Å². The molecule has 4 heteroatoms. The summed E-state index contributed by atoms with van der Waals surface area (Å²) in [7, 11) is 1.54. The highest BCUT2D eigenvalue weighted by Crippen LogP contribution is 2.16. The molecule has 0 aliphatic heterocycles. The summed E-state index contributed by atoms with van der Waals surface area (Å²) in [4.78, 5) is 10.7. The number of alkyl carbamates (subject to hydrolysis) is 1. The monoisotopic (exact) mass is 257 g/mol. The van der Waals surface area contributed by atoms with E-state index in [0.29, 0.717) is 6.61 Å². The number of nitrogens with one attached hydrogen (secondary N) is 1. The maximum absolute atomic E-state index is 10.7. The number of ether oxygens (including phenoxy) is 1. The molecular weight excluding hydrogens is 246 g/mol. The standard InChI is InChI=1S/C10H12BrNO2/c1-12-10(13)14-7-6-8-4-2-3-5-9(8)11/h2-5H,6-7H2,1H3,(H,12,13). The molecule has 0 heterocycles. The first kappa shape index (κ1) is 11.0. The second-order valence-corrected chi connectivity index (χ2v) is 3.58. The van der Waals surface area contributed by atoms with E-state index in [-0.39, 0.29) is 0 Å². The number of halogens is 1. The number of amides is 1. The van der Waals surface area contributed by atoms with Crippen LogP contribution in [-0.2, 0) is 11.2 Å². The lowest BCUT2D eigenvalue weighted by molar-refractivity contribution is 0.150. The Bertz CT molecular complexity index is 315. The van der Waals surface area contributed by atoms with Crippen LogP contribution in [0.2, 0.25) is 0 Å². The van der Waals surface area contributed by atoms with E-state index >= 15 is 0 Å². The maximum atomic E-state index is 10.7. The molecule has 0 saturated heterocycles. The zero-order chi connectivity index (χ0) is 10.4. The zero-order valence-electron chi connectivity index (χ0n) is 7.92. The third-order valence-electron chi connectivity index (χ3n) is 1.77. The lowest BCUT2D eigenvalue weighted by Crippen LogP contribution is -2.20. The van der Waals surface area contributed by atoms with Crippen molar-refractivity contribution in [1.82, 2.24) is 5.32 Å². The van der Waals surface area contributed by atoms with E-state index in [1.54, 1.807) is 7.05 Å². The summed E-state index contributed by atoms with van der Waals surface area (Å²) in [6.45, 7) is 0.391. The molecule has 1 amide bonds. The summed E-state index contributed by atoms with van der Waals surface area (Å²) >= 11 is 3.42. The average molecular weight is 258 g/mol. The van der Waals surface area contributed by atoms with Crippen LogP contribution >= 0.6 is 15.9 Å². The van der Waals surface area contributed by atoms with Crippen LogP contribution in [0.3, 0.4) is 0 Å². The molecule has 0 bridgehead atoms. The highest BCUT2D eigenvalue weighted by atomic mass is 79.9. The van der Waals surface area contributed by atoms with E-state index < -0.39 is 6.09 Å². The van der Waals surface area contributed by atoms with Gasteiger partial charge in [0.05, 0.1) is 6.61 Å². The Hall–Kier alpha value is -1.03. The third kappa shape index (κ3) is 3.38. The fourth-order valence-electron chi connectivity index (χ4n) is 1.03. The molecule has 3 nitrogen and oxygen atoms in total. The van der Waals surface area contributed by atoms with Crippen molar-refractivity contribution in [2.24, 2.45) is 0 Å². The van der Waals surface area contributed by atoms with Gasteiger partial charge in [-0.25, -0.2) is 4.79 Å². The van der Waals surface area contributed by atoms with Gasteiger partial charge in [-0.1, -0.05) is 34.1 Å². The van der Waals surface area contributed by atoms with Crippen LogP contribution in [-0.4, -0.2) is 19.7 Å². The van der Waals surface area contributed by atoms with Crippen molar-refractivity contribution in [3.63, 3.8) is 0 Å². The molecule has 1 aromatic carbocycles. The van der Waals surface area contributed by atoms with Crippen molar-refractivity contribution in [1.29, 1.82) is 0 Å². The second kappa shape index (κ2) is 5.65. The number of hydrogen-bond acceptors (Lipinski definition) is 2. The normalized spacial score (nSPS) is 9.57. The fraction of sp³-hybridized carbons (Fsp3) is 0.300. The molecule has 76 valence electrons. The van der Waals surface area contributed by atoms with Crippen LogP contribution in [0, 0.1) is 0 Å². The van der Waals surface area contributed by atoms with E-state index in [1.807, 2.05) is 24.3 Å². The van der Waals surface area contributed by atoms with Crippen LogP contribution in [0.4, 0.5) is 4.79 Å². The van der Waals surface area contributed by atoms with Crippen LogP contribution in [0.25, 0.3) is 0 Å². The Labute approximate surface area is 91.6 Å². The van der Waals surface area contributed by atoms with Gasteiger partial charge < -0.3 is 10.1 Å². The molecular formula is C10H12BrNO2. The Morgan fingerprint density at radius 1 is 1.50 bits per heavy atom. The van der Waals surface area contributed by atoms with Crippen LogP contribution in [0.1, 0.15) is 5.56 Å². The summed E-state index contributed by atoms with van der Waals surface area (Å²) in [5, 5.41) is 2.39. The number of carbonyl (C=O) groups excluding carboxylic acids is 1. The van der Waals surface area contributed by atoms with Gasteiger partial charge in [-0.3, -0.25) is 0 Å². The largest absolute Gasteiger partial charge is 0.449 e. The minimum absolute atomic E-state index is 0.391. The topological polar surface area (TPSA) is 38.3 Å². The first-order valence-electron chi connectivity index (χ1n) is 4.32. The maximum Gasteiger partial charge on any atom is 0.406 e. The summed E-state index contributed by atoms with van der Waals surface area (Å²) in [6, 6.07) is 7.87. The minimum Gasteiger partial charge on any atom is -0.449 e. The van der Waals surface area contributed by atoms with Gasteiger partial charge in [0, 0.05) is 17.9 Å². The summed E-state index contributed by atoms with van der Waals surface area (Å²) in [6.07, 6.45) is 0.325. The highest BCUT2D eigenvalue weighted by Gasteiger charge is 2.00. The second-order valence-electron chi connectivity index (χ2n) is 2.73. The van der Waals surface area contributed by atoms with Crippen molar-refractivity contribution in [3.05, 3.63) is 34.3 Å². The van der Waals surface area contributed by atoms with Crippen LogP contribution < -0.4 is 5.32 Å². The van der Waals surface area contributed by atoms with E-state index in [0.717, 1.165) is 16.5 Å². The van der Waals surface area contributed by atoms with Crippen LogP contribution in [0.5, 0.6) is 0 Å². The Morgan fingerprint density at radius 3 is 2.86 bits per heavy atom. The first-order chi connectivity index (χ1) is 6.74. The number of carbonyl (C=O) groups is 1. The quantitative estimate of drug-likeness (QED) is 0.903. The molecule has 0 atom stereocenters. The molecule has 0 fully saturated rings. The summed E-state index contributed by atoms with van der Waals surface area (Å²) in [5.74, 6) is 0. The Balaban J connectivity index is 2.39. The summed E-state index contributed by atoms with van der Waals surface area (Å²) < 4.78 is 5.92. The van der Waals surface area contributed by atoms with Crippen molar-refractivity contribution < 1.29 is 9.53 Å². The minimum atomic E-state index is -0.392. The van der Waals surface area contributed by atoms with Crippen LogP contribution in [0.15, 0.2) is 28.7 Å².